The lowest BCUT2D eigenvalue weighted by atomic mass is 10.3. The maximum absolute atomic E-state index is 11.6. The Hall–Kier alpha value is -1.28. The fourth-order valence-electron chi connectivity index (χ4n) is 1.73. The maximum Gasteiger partial charge on any atom is 0.327 e. The lowest BCUT2D eigenvalue weighted by Crippen LogP contribution is -2.46. The fraction of sp³-hybridized carbons (Fsp3) is 0.727. The van der Waals surface area contributed by atoms with Crippen molar-refractivity contribution in [2.45, 2.75) is 18.9 Å². The molecule has 110 valence electrons. The third kappa shape index (κ3) is 8.44. The van der Waals surface area contributed by atoms with E-state index in [1.165, 1.54) is 11.8 Å². The number of carbonyl (C=O) groups is 3. The molecule has 0 aromatic carbocycles. The highest BCUT2D eigenvalue weighted by molar-refractivity contribution is 7.98. The molecule has 0 radical (unpaired) electrons. The molecule has 8 heteroatoms. The molecule has 1 heterocycles. The molecule has 0 saturated carbocycles. The summed E-state index contributed by atoms with van der Waals surface area (Å²) < 4.78 is 0. The number of nitrogens with zero attached hydrogens (tertiary/aromatic N) is 1. The molecule has 1 aliphatic rings. The minimum atomic E-state index is -0.968. The summed E-state index contributed by atoms with van der Waals surface area (Å²) in [6.07, 6.45) is 4.07. The van der Waals surface area contributed by atoms with Crippen LogP contribution in [-0.2, 0) is 14.4 Å². The Kier molecular flexibility index (Phi) is 9.91. The van der Waals surface area contributed by atoms with E-state index in [1.807, 2.05) is 11.2 Å². The van der Waals surface area contributed by atoms with Crippen LogP contribution in [0, 0.1) is 0 Å². The summed E-state index contributed by atoms with van der Waals surface area (Å²) in [5.41, 5.74) is 0. The van der Waals surface area contributed by atoms with Crippen LogP contribution in [0.4, 0.5) is 0 Å². The van der Waals surface area contributed by atoms with Gasteiger partial charge < -0.3 is 15.5 Å². The summed E-state index contributed by atoms with van der Waals surface area (Å²) in [5, 5.41) is 18.3. The molecule has 1 amide bonds. The minimum absolute atomic E-state index is 0.191. The number of thioether (sulfide) groups is 1. The van der Waals surface area contributed by atoms with E-state index in [0.29, 0.717) is 12.3 Å². The molecule has 0 unspecified atom stereocenters. The Morgan fingerprint density at radius 1 is 1.42 bits per heavy atom. The van der Waals surface area contributed by atoms with Gasteiger partial charge in [0.25, 0.3) is 6.47 Å². The molecule has 1 rings (SSSR count). The van der Waals surface area contributed by atoms with Crippen molar-refractivity contribution in [2.24, 2.45) is 0 Å². The molecule has 1 saturated heterocycles. The zero-order valence-corrected chi connectivity index (χ0v) is 11.7. The molecule has 19 heavy (non-hydrogen) atoms. The van der Waals surface area contributed by atoms with Gasteiger partial charge in [-0.2, -0.15) is 11.8 Å². The Balaban J connectivity index is 0.000000982. The second-order valence-corrected chi connectivity index (χ2v) is 4.91. The molecule has 1 fully saturated rings. The highest BCUT2D eigenvalue weighted by Crippen LogP contribution is 2.06. The first-order valence-electron chi connectivity index (χ1n) is 5.86. The standard InChI is InChI=1S/C10H18N2O3S.CH2O2/c1-16-7-8(10(14)15)11-9(13)6-12-4-2-3-5-12;2-1-3/h8H,2-7H2,1H3,(H,11,13)(H,14,15);1H,(H,2,3)/t8-;/m0./s1. The predicted octanol–water partition coefficient (Wildman–Crippen LogP) is -0.285. The monoisotopic (exact) mass is 292 g/mol. The number of likely N-dealkylation sites (tertiary alicyclic amines) is 1. The number of carboxylic acid groups (broad SMARTS) is 2. The van der Waals surface area contributed by atoms with Crippen LogP contribution in [0.15, 0.2) is 0 Å². The number of hydrogen-bond donors (Lipinski definition) is 3. The van der Waals surface area contributed by atoms with Gasteiger partial charge in [-0.1, -0.05) is 0 Å². The number of carbonyl (C=O) groups excluding carboxylic acids is 1. The van der Waals surface area contributed by atoms with E-state index in [4.69, 9.17) is 15.0 Å². The van der Waals surface area contributed by atoms with Crippen molar-refractivity contribution in [3.63, 3.8) is 0 Å². The Bertz CT molecular complexity index is 295. The molecule has 1 atom stereocenters. The first-order chi connectivity index (χ1) is 9.04. The second-order valence-electron chi connectivity index (χ2n) is 4.00. The fourth-order valence-corrected chi connectivity index (χ4v) is 2.28. The lowest BCUT2D eigenvalue weighted by molar-refractivity contribution is -0.141. The van der Waals surface area contributed by atoms with Crippen molar-refractivity contribution < 1.29 is 24.6 Å². The summed E-state index contributed by atoms with van der Waals surface area (Å²) in [6, 6.07) is -0.773. The summed E-state index contributed by atoms with van der Waals surface area (Å²) in [7, 11) is 0. The Morgan fingerprint density at radius 2 is 1.95 bits per heavy atom. The number of aliphatic carboxylic acids is 1. The van der Waals surface area contributed by atoms with Crippen LogP contribution in [-0.4, -0.2) is 71.1 Å². The van der Waals surface area contributed by atoms with Crippen molar-refractivity contribution >= 4 is 30.1 Å². The average Bonchev–Trinajstić information content (AvgIpc) is 2.82. The zero-order chi connectivity index (χ0) is 14.7. The number of hydrogen-bond acceptors (Lipinski definition) is 5. The molecule has 0 spiro atoms. The van der Waals surface area contributed by atoms with Crippen molar-refractivity contribution in [3.8, 4) is 0 Å². The SMILES string of the molecule is CSC[C@H](NC(=O)CN1CCCC1)C(=O)O.O=CO. The first kappa shape index (κ1) is 17.7. The third-order valence-electron chi connectivity index (χ3n) is 2.53. The summed E-state index contributed by atoms with van der Waals surface area (Å²) in [6.45, 7) is 1.94. The van der Waals surface area contributed by atoms with Gasteiger partial charge in [0, 0.05) is 5.75 Å². The molecular formula is C11H20N2O5S. The van der Waals surface area contributed by atoms with Gasteiger partial charge in [-0.05, 0) is 32.2 Å². The lowest BCUT2D eigenvalue weighted by Gasteiger charge is -2.17. The van der Waals surface area contributed by atoms with Gasteiger partial charge >= 0.3 is 5.97 Å². The van der Waals surface area contributed by atoms with Gasteiger partial charge in [0.2, 0.25) is 5.91 Å². The summed E-state index contributed by atoms with van der Waals surface area (Å²) in [4.78, 5) is 32.8. The Labute approximate surface area is 116 Å². The molecular weight excluding hydrogens is 272 g/mol. The number of carboxylic acids is 1. The Morgan fingerprint density at radius 3 is 2.37 bits per heavy atom. The summed E-state index contributed by atoms with van der Waals surface area (Å²) in [5.74, 6) is -0.756. The van der Waals surface area contributed by atoms with Crippen LogP contribution in [0.3, 0.4) is 0 Å². The van der Waals surface area contributed by atoms with Crippen LogP contribution >= 0.6 is 11.8 Å². The van der Waals surface area contributed by atoms with E-state index in [9.17, 15) is 9.59 Å². The van der Waals surface area contributed by atoms with Crippen molar-refractivity contribution in [3.05, 3.63) is 0 Å². The molecule has 3 N–H and O–H groups in total. The van der Waals surface area contributed by atoms with Crippen molar-refractivity contribution in [1.29, 1.82) is 0 Å². The van der Waals surface area contributed by atoms with E-state index in [-0.39, 0.29) is 12.4 Å². The average molecular weight is 292 g/mol. The maximum atomic E-state index is 11.6. The van der Waals surface area contributed by atoms with Gasteiger partial charge in [0.1, 0.15) is 6.04 Å². The van der Waals surface area contributed by atoms with Crippen LogP contribution in [0.2, 0.25) is 0 Å². The van der Waals surface area contributed by atoms with Crippen molar-refractivity contribution in [1.82, 2.24) is 10.2 Å². The summed E-state index contributed by atoms with van der Waals surface area (Å²) >= 11 is 1.41. The van der Waals surface area contributed by atoms with Crippen LogP contribution in [0.1, 0.15) is 12.8 Å². The number of amides is 1. The van der Waals surface area contributed by atoms with E-state index in [1.54, 1.807) is 0 Å². The van der Waals surface area contributed by atoms with E-state index < -0.39 is 12.0 Å². The van der Waals surface area contributed by atoms with E-state index >= 15 is 0 Å². The molecule has 7 nitrogen and oxygen atoms in total. The first-order valence-corrected chi connectivity index (χ1v) is 7.25. The highest BCUT2D eigenvalue weighted by Gasteiger charge is 2.21. The van der Waals surface area contributed by atoms with E-state index in [2.05, 4.69) is 5.32 Å². The normalized spacial score (nSPS) is 16.1. The molecule has 1 aliphatic heterocycles. The van der Waals surface area contributed by atoms with E-state index in [0.717, 1.165) is 25.9 Å². The second kappa shape index (κ2) is 10.6. The predicted molar refractivity (Wildman–Crippen MR) is 72.3 cm³/mol. The molecule has 0 bridgehead atoms. The van der Waals surface area contributed by atoms with Crippen LogP contribution in [0.5, 0.6) is 0 Å². The smallest absolute Gasteiger partial charge is 0.327 e. The highest BCUT2D eigenvalue weighted by atomic mass is 32.2. The molecule has 0 aromatic rings. The topological polar surface area (TPSA) is 107 Å². The molecule has 0 aliphatic carbocycles. The largest absolute Gasteiger partial charge is 0.483 e. The van der Waals surface area contributed by atoms with Crippen LogP contribution < -0.4 is 5.32 Å². The van der Waals surface area contributed by atoms with Gasteiger partial charge in [-0.3, -0.25) is 14.5 Å². The third-order valence-corrected chi connectivity index (χ3v) is 3.20. The van der Waals surface area contributed by atoms with Gasteiger partial charge in [-0.25, -0.2) is 4.79 Å². The number of rotatable bonds is 6. The zero-order valence-electron chi connectivity index (χ0n) is 10.9. The number of nitrogens with one attached hydrogen (secondary N) is 1. The van der Waals surface area contributed by atoms with Crippen LogP contribution in [0.25, 0.3) is 0 Å². The van der Waals surface area contributed by atoms with Crippen molar-refractivity contribution in [2.75, 3.05) is 31.6 Å². The van der Waals surface area contributed by atoms with Gasteiger partial charge in [-0.15, -0.1) is 0 Å². The van der Waals surface area contributed by atoms with Gasteiger partial charge in [0.05, 0.1) is 6.54 Å². The quantitative estimate of drug-likeness (QED) is 0.578. The minimum Gasteiger partial charge on any atom is -0.483 e. The van der Waals surface area contributed by atoms with Gasteiger partial charge in [0.15, 0.2) is 0 Å². The molecule has 0 aromatic heterocycles.